The van der Waals surface area contributed by atoms with Gasteiger partial charge in [-0.05, 0) is 24.0 Å². The standard InChI is InChI=1S/C20H22O/c1-3-11-19(17-13-7-5-8-14-17)21-20(12-4-2)18-15-9-6-10-16-18/h3-10,13-16,19-20H,1-2,11-12H2. The summed E-state index contributed by atoms with van der Waals surface area (Å²) in [6.07, 6.45) is 5.46. The second kappa shape index (κ2) is 8.23. The minimum atomic E-state index is 0.0221. The minimum Gasteiger partial charge on any atom is -0.365 e. The predicted molar refractivity (Wildman–Crippen MR) is 89.1 cm³/mol. The Morgan fingerprint density at radius 1 is 0.714 bits per heavy atom. The summed E-state index contributed by atoms with van der Waals surface area (Å²) in [5.41, 5.74) is 2.37. The molecule has 2 rings (SSSR count). The molecule has 0 saturated carbocycles. The van der Waals surface area contributed by atoms with Crippen LogP contribution in [0.25, 0.3) is 0 Å². The van der Waals surface area contributed by atoms with Gasteiger partial charge in [0.1, 0.15) is 0 Å². The minimum absolute atomic E-state index is 0.0221. The van der Waals surface area contributed by atoms with Crippen LogP contribution >= 0.6 is 0 Å². The van der Waals surface area contributed by atoms with Gasteiger partial charge in [-0.25, -0.2) is 0 Å². The first-order valence-electron chi connectivity index (χ1n) is 7.32. The van der Waals surface area contributed by atoms with E-state index < -0.39 is 0 Å². The predicted octanol–water partition coefficient (Wildman–Crippen LogP) is 5.64. The summed E-state index contributed by atoms with van der Waals surface area (Å²) >= 11 is 0. The Kier molecular flexibility index (Phi) is 5.99. The maximum atomic E-state index is 6.36. The van der Waals surface area contributed by atoms with Crippen LogP contribution in [0.5, 0.6) is 0 Å². The molecule has 2 aromatic rings. The third-order valence-corrected chi connectivity index (χ3v) is 3.43. The summed E-state index contributed by atoms with van der Waals surface area (Å²) in [6, 6.07) is 20.6. The molecule has 0 radical (unpaired) electrons. The van der Waals surface area contributed by atoms with Gasteiger partial charge < -0.3 is 4.74 Å². The average molecular weight is 278 g/mol. The number of rotatable bonds is 8. The van der Waals surface area contributed by atoms with Crippen molar-refractivity contribution in [3.8, 4) is 0 Å². The normalized spacial score (nSPS) is 13.3. The van der Waals surface area contributed by atoms with Gasteiger partial charge in [-0.15, -0.1) is 13.2 Å². The summed E-state index contributed by atoms with van der Waals surface area (Å²) in [5.74, 6) is 0. The number of benzene rings is 2. The van der Waals surface area contributed by atoms with E-state index in [0.29, 0.717) is 0 Å². The summed E-state index contributed by atoms with van der Waals surface area (Å²) in [7, 11) is 0. The first-order chi connectivity index (χ1) is 10.3. The molecule has 0 aromatic heterocycles. The van der Waals surface area contributed by atoms with Crippen LogP contribution in [0.15, 0.2) is 86.0 Å². The van der Waals surface area contributed by atoms with Gasteiger partial charge in [0.25, 0.3) is 0 Å². The van der Waals surface area contributed by atoms with Crippen molar-refractivity contribution in [1.29, 1.82) is 0 Å². The molecule has 0 amide bonds. The van der Waals surface area contributed by atoms with Crippen LogP contribution in [-0.2, 0) is 4.74 Å². The summed E-state index contributed by atoms with van der Waals surface area (Å²) in [5, 5.41) is 0. The fourth-order valence-corrected chi connectivity index (χ4v) is 2.38. The second-order valence-electron chi connectivity index (χ2n) is 4.98. The summed E-state index contributed by atoms with van der Waals surface area (Å²) < 4.78 is 6.36. The molecule has 2 aromatic carbocycles. The quantitative estimate of drug-likeness (QED) is 0.568. The molecule has 2 atom stereocenters. The first kappa shape index (κ1) is 15.3. The summed E-state index contributed by atoms with van der Waals surface area (Å²) in [4.78, 5) is 0. The van der Waals surface area contributed by atoms with Gasteiger partial charge in [0.05, 0.1) is 12.2 Å². The number of hydrogen-bond donors (Lipinski definition) is 0. The van der Waals surface area contributed by atoms with E-state index in [1.165, 1.54) is 11.1 Å². The molecule has 21 heavy (non-hydrogen) atoms. The van der Waals surface area contributed by atoms with Gasteiger partial charge in [-0.3, -0.25) is 0 Å². The van der Waals surface area contributed by atoms with Crippen molar-refractivity contribution in [2.24, 2.45) is 0 Å². The fraction of sp³-hybridized carbons (Fsp3) is 0.200. The van der Waals surface area contributed by atoms with E-state index in [1.807, 2.05) is 48.6 Å². The lowest BCUT2D eigenvalue weighted by Crippen LogP contribution is -2.10. The van der Waals surface area contributed by atoms with Crippen molar-refractivity contribution in [3.63, 3.8) is 0 Å². The molecule has 0 fully saturated rings. The molecular weight excluding hydrogens is 256 g/mol. The third-order valence-electron chi connectivity index (χ3n) is 3.43. The molecule has 108 valence electrons. The lowest BCUT2D eigenvalue weighted by atomic mass is 10.0. The van der Waals surface area contributed by atoms with Crippen LogP contribution in [-0.4, -0.2) is 0 Å². The number of ether oxygens (including phenoxy) is 1. The second-order valence-corrected chi connectivity index (χ2v) is 4.98. The Labute approximate surface area is 127 Å². The van der Waals surface area contributed by atoms with Crippen LogP contribution in [0.1, 0.15) is 36.2 Å². The zero-order valence-corrected chi connectivity index (χ0v) is 12.3. The van der Waals surface area contributed by atoms with E-state index in [2.05, 4.69) is 37.4 Å². The topological polar surface area (TPSA) is 9.23 Å². The molecule has 0 spiro atoms. The lowest BCUT2D eigenvalue weighted by molar-refractivity contribution is -0.0120. The maximum Gasteiger partial charge on any atom is 0.0867 e. The first-order valence-corrected chi connectivity index (χ1v) is 7.32. The summed E-state index contributed by atoms with van der Waals surface area (Å²) in [6.45, 7) is 7.70. The molecule has 0 heterocycles. The van der Waals surface area contributed by atoms with Crippen molar-refractivity contribution in [2.75, 3.05) is 0 Å². The smallest absolute Gasteiger partial charge is 0.0867 e. The van der Waals surface area contributed by atoms with Crippen LogP contribution in [0.4, 0.5) is 0 Å². The Balaban J connectivity index is 2.20. The molecular formula is C20H22O. The van der Waals surface area contributed by atoms with Crippen molar-refractivity contribution in [1.82, 2.24) is 0 Å². The van der Waals surface area contributed by atoms with E-state index in [-0.39, 0.29) is 12.2 Å². The van der Waals surface area contributed by atoms with Crippen LogP contribution in [0, 0.1) is 0 Å². The SMILES string of the molecule is C=CCC(OC(CC=C)c1ccccc1)c1ccccc1. The highest BCUT2D eigenvalue weighted by atomic mass is 16.5. The van der Waals surface area contributed by atoms with Gasteiger partial charge in [-0.2, -0.15) is 0 Å². The lowest BCUT2D eigenvalue weighted by Gasteiger charge is -2.24. The molecule has 1 nitrogen and oxygen atoms in total. The third kappa shape index (κ3) is 4.44. The van der Waals surface area contributed by atoms with Crippen LogP contribution < -0.4 is 0 Å². The monoisotopic (exact) mass is 278 g/mol. The van der Waals surface area contributed by atoms with Crippen molar-refractivity contribution in [2.45, 2.75) is 25.0 Å². The zero-order chi connectivity index (χ0) is 14.9. The Morgan fingerprint density at radius 2 is 1.10 bits per heavy atom. The highest BCUT2D eigenvalue weighted by Crippen LogP contribution is 2.31. The molecule has 0 aliphatic heterocycles. The van der Waals surface area contributed by atoms with Gasteiger partial charge >= 0.3 is 0 Å². The number of hydrogen-bond acceptors (Lipinski definition) is 1. The van der Waals surface area contributed by atoms with Gasteiger partial charge in [-0.1, -0.05) is 72.8 Å². The molecule has 0 N–H and O–H groups in total. The highest BCUT2D eigenvalue weighted by Gasteiger charge is 2.17. The molecule has 0 bridgehead atoms. The van der Waals surface area contributed by atoms with E-state index in [4.69, 9.17) is 4.74 Å². The van der Waals surface area contributed by atoms with Crippen LogP contribution in [0.3, 0.4) is 0 Å². The largest absolute Gasteiger partial charge is 0.365 e. The van der Waals surface area contributed by atoms with Crippen molar-refractivity contribution in [3.05, 3.63) is 97.1 Å². The molecule has 0 aliphatic carbocycles. The van der Waals surface area contributed by atoms with E-state index in [1.54, 1.807) is 0 Å². The maximum absolute atomic E-state index is 6.36. The van der Waals surface area contributed by atoms with E-state index in [0.717, 1.165) is 12.8 Å². The van der Waals surface area contributed by atoms with Gasteiger partial charge in [0.15, 0.2) is 0 Å². The van der Waals surface area contributed by atoms with E-state index in [9.17, 15) is 0 Å². The molecule has 2 unspecified atom stereocenters. The molecule has 1 heteroatoms. The van der Waals surface area contributed by atoms with Gasteiger partial charge in [0, 0.05) is 0 Å². The Morgan fingerprint density at radius 3 is 1.43 bits per heavy atom. The van der Waals surface area contributed by atoms with Crippen molar-refractivity contribution >= 4 is 0 Å². The van der Waals surface area contributed by atoms with Crippen molar-refractivity contribution < 1.29 is 4.74 Å². The fourth-order valence-electron chi connectivity index (χ4n) is 2.38. The van der Waals surface area contributed by atoms with E-state index >= 15 is 0 Å². The highest BCUT2D eigenvalue weighted by molar-refractivity contribution is 5.21. The Bertz CT molecular complexity index is 493. The van der Waals surface area contributed by atoms with Gasteiger partial charge in [0.2, 0.25) is 0 Å². The average Bonchev–Trinajstić information content (AvgIpc) is 2.55. The Hall–Kier alpha value is -2.12. The van der Waals surface area contributed by atoms with Crippen LogP contribution in [0.2, 0.25) is 0 Å². The molecule has 0 saturated heterocycles. The molecule has 0 aliphatic rings. The zero-order valence-electron chi connectivity index (χ0n) is 12.3.